The molecular weight excluding hydrogens is 204 g/mol. The molecule has 0 bridgehead atoms. The van der Waals surface area contributed by atoms with Gasteiger partial charge in [-0.1, -0.05) is 20.3 Å². The van der Waals surface area contributed by atoms with Gasteiger partial charge in [0.25, 0.3) is 0 Å². The lowest BCUT2D eigenvalue weighted by molar-refractivity contribution is 0.0695. The first-order valence-corrected chi connectivity index (χ1v) is 5.68. The molecule has 88 valence electrons. The molecular formula is C13H18O3. The summed E-state index contributed by atoms with van der Waals surface area (Å²) in [7, 11) is 0. The molecule has 1 N–H and O–H groups in total. The predicted molar refractivity (Wildman–Crippen MR) is 63.2 cm³/mol. The second-order valence-corrected chi connectivity index (χ2v) is 3.72. The Morgan fingerprint density at radius 3 is 2.62 bits per heavy atom. The Labute approximate surface area is 96.1 Å². The van der Waals surface area contributed by atoms with E-state index in [-0.39, 0.29) is 0 Å². The summed E-state index contributed by atoms with van der Waals surface area (Å²) in [4.78, 5) is 11.0. The van der Waals surface area contributed by atoms with E-state index in [9.17, 15) is 4.79 Å². The quantitative estimate of drug-likeness (QED) is 0.804. The first kappa shape index (κ1) is 12.6. The summed E-state index contributed by atoms with van der Waals surface area (Å²) in [5.41, 5.74) is 1.23. The SMILES string of the molecule is CCCOc1ccc(C(=O)O)c(CCC)c1. The molecule has 1 aromatic carbocycles. The van der Waals surface area contributed by atoms with Crippen LogP contribution in [0.3, 0.4) is 0 Å². The Hall–Kier alpha value is -1.51. The zero-order valence-corrected chi connectivity index (χ0v) is 9.82. The van der Waals surface area contributed by atoms with Gasteiger partial charge in [-0.25, -0.2) is 4.79 Å². The summed E-state index contributed by atoms with van der Waals surface area (Å²) in [5, 5.41) is 9.02. The molecule has 0 saturated heterocycles. The van der Waals surface area contributed by atoms with Crippen molar-refractivity contribution in [2.24, 2.45) is 0 Å². The molecule has 3 nitrogen and oxygen atoms in total. The summed E-state index contributed by atoms with van der Waals surface area (Å²) < 4.78 is 5.48. The van der Waals surface area contributed by atoms with Gasteiger partial charge in [0.2, 0.25) is 0 Å². The second kappa shape index (κ2) is 6.16. The highest BCUT2D eigenvalue weighted by molar-refractivity contribution is 5.89. The van der Waals surface area contributed by atoms with E-state index < -0.39 is 5.97 Å². The van der Waals surface area contributed by atoms with Gasteiger partial charge in [0.15, 0.2) is 0 Å². The average Bonchev–Trinajstić information content (AvgIpc) is 2.26. The minimum absolute atomic E-state index is 0.380. The molecule has 0 aliphatic heterocycles. The summed E-state index contributed by atoms with van der Waals surface area (Å²) in [6.45, 7) is 4.74. The van der Waals surface area contributed by atoms with Crippen molar-refractivity contribution >= 4 is 5.97 Å². The molecule has 0 aliphatic carbocycles. The van der Waals surface area contributed by atoms with Crippen LogP contribution in [0.1, 0.15) is 42.6 Å². The molecule has 0 heterocycles. The topological polar surface area (TPSA) is 46.5 Å². The minimum atomic E-state index is -0.870. The van der Waals surface area contributed by atoms with Crippen LogP contribution < -0.4 is 4.74 Å². The Morgan fingerprint density at radius 2 is 2.06 bits per heavy atom. The zero-order valence-electron chi connectivity index (χ0n) is 9.82. The predicted octanol–water partition coefficient (Wildman–Crippen LogP) is 3.13. The summed E-state index contributed by atoms with van der Waals surface area (Å²) in [5.74, 6) is -0.110. The number of ether oxygens (including phenoxy) is 1. The highest BCUT2D eigenvalue weighted by Crippen LogP contribution is 2.19. The standard InChI is InChI=1S/C13H18O3/c1-3-5-10-9-11(16-8-4-2)6-7-12(10)13(14)15/h6-7,9H,3-5,8H2,1-2H3,(H,14,15). The lowest BCUT2D eigenvalue weighted by Crippen LogP contribution is -2.03. The molecule has 0 unspecified atom stereocenters. The third kappa shape index (κ3) is 3.26. The largest absolute Gasteiger partial charge is 0.494 e. The van der Waals surface area contributed by atoms with E-state index >= 15 is 0 Å². The van der Waals surface area contributed by atoms with Crippen molar-refractivity contribution in [3.05, 3.63) is 29.3 Å². The van der Waals surface area contributed by atoms with E-state index in [0.29, 0.717) is 12.2 Å². The number of aromatic carboxylic acids is 1. The molecule has 0 atom stereocenters. The molecule has 0 saturated carbocycles. The number of aryl methyl sites for hydroxylation is 1. The average molecular weight is 222 g/mol. The number of hydrogen-bond acceptors (Lipinski definition) is 2. The maximum Gasteiger partial charge on any atom is 0.335 e. The van der Waals surface area contributed by atoms with Crippen LogP contribution in [0.15, 0.2) is 18.2 Å². The third-order valence-corrected chi connectivity index (χ3v) is 2.30. The van der Waals surface area contributed by atoms with Crippen LogP contribution in [-0.4, -0.2) is 17.7 Å². The van der Waals surface area contributed by atoms with Crippen molar-refractivity contribution < 1.29 is 14.6 Å². The molecule has 0 radical (unpaired) electrons. The van der Waals surface area contributed by atoms with E-state index in [1.54, 1.807) is 12.1 Å². The van der Waals surface area contributed by atoms with E-state index in [2.05, 4.69) is 0 Å². The first-order valence-electron chi connectivity index (χ1n) is 5.68. The first-order chi connectivity index (χ1) is 7.69. The van der Waals surface area contributed by atoms with Gasteiger partial charge in [-0.3, -0.25) is 0 Å². The van der Waals surface area contributed by atoms with Crippen LogP contribution in [-0.2, 0) is 6.42 Å². The van der Waals surface area contributed by atoms with Gasteiger partial charge in [-0.05, 0) is 36.6 Å². The number of rotatable bonds is 6. The maximum absolute atomic E-state index is 11.0. The molecule has 0 aliphatic rings. The number of carboxylic acids is 1. The molecule has 3 heteroatoms. The number of hydrogen-bond donors (Lipinski definition) is 1. The van der Waals surface area contributed by atoms with Gasteiger partial charge >= 0.3 is 5.97 Å². The molecule has 0 amide bonds. The van der Waals surface area contributed by atoms with Gasteiger partial charge in [0.1, 0.15) is 5.75 Å². The van der Waals surface area contributed by atoms with E-state index in [0.717, 1.165) is 30.6 Å². The fourth-order valence-electron chi connectivity index (χ4n) is 1.56. The normalized spacial score (nSPS) is 10.1. The summed E-state index contributed by atoms with van der Waals surface area (Å²) >= 11 is 0. The lowest BCUT2D eigenvalue weighted by atomic mass is 10.0. The van der Waals surface area contributed by atoms with Crippen LogP contribution in [0.25, 0.3) is 0 Å². The van der Waals surface area contributed by atoms with Crippen molar-refractivity contribution in [3.8, 4) is 5.75 Å². The molecule has 0 spiro atoms. The molecule has 16 heavy (non-hydrogen) atoms. The van der Waals surface area contributed by atoms with Crippen LogP contribution in [0.5, 0.6) is 5.75 Å². The number of carbonyl (C=O) groups is 1. The van der Waals surface area contributed by atoms with Crippen molar-refractivity contribution in [1.29, 1.82) is 0 Å². The zero-order chi connectivity index (χ0) is 12.0. The Balaban J connectivity index is 2.92. The Kier molecular flexibility index (Phi) is 4.83. The minimum Gasteiger partial charge on any atom is -0.494 e. The van der Waals surface area contributed by atoms with Crippen molar-refractivity contribution in [3.63, 3.8) is 0 Å². The highest BCUT2D eigenvalue weighted by atomic mass is 16.5. The number of carboxylic acid groups (broad SMARTS) is 1. The second-order valence-electron chi connectivity index (χ2n) is 3.72. The Bertz CT molecular complexity index is 358. The van der Waals surface area contributed by atoms with Gasteiger partial charge in [0.05, 0.1) is 12.2 Å². The van der Waals surface area contributed by atoms with Crippen molar-refractivity contribution in [1.82, 2.24) is 0 Å². The van der Waals surface area contributed by atoms with Gasteiger partial charge in [-0.15, -0.1) is 0 Å². The molecule has 1 aromatic rings. The lowest BCUT2D eigenvalue weighted by Gasteiger charge is -2.09. The maximum atomic E-state index is 11.0. The fraction of sp³-hybridized carbons (Fsp3) is 0.462. The van der Waals surface area contributed by atoms with E-state index in [4.69, 9.17) is 9.84 Å². The van der Waals surface area contributed by atoms with E-state index in [1.807, 2.05) is 19.9 Å². The van der Waals surface area contributed by atoms with Crippen LogP contribution >= 0.6 is 0 Å². The van der Waals surface area contributed by atoms with Crippen molar-refractivity contribution in [2.45, 2.75) is 33.1 Å². The van der Waals surface area contributed by atoms with Crippen LogP contribution in [0, 0.1) is 0 Å². The van der Waals surface area contributed by atoms with Gasteiger partial charge < -0.3 is 9.84 Å². The summed E-state index contributed by atoms with van der Waals surface area (Å²) in [6, 6.07) is 5.18. The third-order valence-electron chi connectivity index (χ3n) is 2.30. The van der Waals surface area contributed by atoms with E-state index in [1.165, 1.54) is 0 Å². The molecule has 1 rings (SSSR count). The fourth-order valence-corrected chi connectivity index (χ4v) is 1.56. The van der Waals surface area contributed by atoms with Crippen molar-refractivity contribution in [2.75, 3.05) is 6.61 Å². The number of benzene rings is 1. The highest BCUT2D eigenvalue weighted by Gasteiger charge is 2.10. The molecule has 0 aromatic heterocycles. The van der Waals surface area contributed by atoms with Crippen LogP contribution in [0.4, 0.5) is 0 Å². The van der Waals surface area contributed by atoms with Crippen LogP contribution in [0.2, 0.25) is 0 Å². The van der Waals surface area contributed by atoms with Gasteiger partial charge in [-0.2, -0.15) is 0 Å². The monoisotopic (exact) mass is 222 g/mol. The Morgan fingerprint density at radius 1 is 1.31 bits per heavy atom. The smallest absolute Gasteiger partial charge is 0.335 e. The molecule has 0 fully saturated rings. The summed E-state index contributed by atoms with van der Waals surface area (Å²) in [6.07, 6.45) is 2.65. The van der Waals surface area contributed by atoms with Gasteiger partial charge in [0, 0.05) is 0 Å².